The molecule has 0 atom stereocenters. The lowest BCUT2D eigenvalue weighted by molar-refractivity contribution is 0.0946. The van der Waals surface area contributed by atoms with Gasteiger partial charge in [0.2, 0.25) is 5.88 Å². The summed E-state index contributed by atoms with van der Waals surface area (Å²) in [4.78, 5) is 22.7. The van der Waals surface area contributed by atoms with Crippen LogP contribution in [0.4, 0.5) is 8.78 Å². The van der Waals surface area contributed by atoms with E-state index in [1.807, 2.05) is 0 Å². The maximum absolute atomic E-state index is 14.6. The zero-order valence-corrected chi connectivity index (χ0v) is 16.6. The van der Waals surface area contributed by atoms with Crippen molar-refractivity contribution in [2.75, 3.05) is 32.8 Å². The zero-order chi connectivity index (χ0) is 20.6. The van der Waals surface area contributed by atoms with Crippen LogP contribution in [0.1, 0.15) is 43.0 Å². The standard InChI is InChI=1S/C21H26F2N4O2/c1-2-29-18-14-24-13-17(26-18)15-7-8-16(20(23)19(15)22)21(28)25-9-6-12-27-10-4-3-5-11-27/h7-8,13-14H,2-6,9-12H2,1H3,(H,25,28). The molecule has 0 bridgehead atoms. The highest BCUT2D eigenvalue weighted by molar-refractivity contribution is 5.95. The summed E-state index contributed by atoms with van der Waals surface area (Å²) in [5.41, 5.74) is -0.253. The molecule has 1 aliphatic rings. The lowest BCUT2D eigenvalue weighted by Crippen LogP contribution is -2.33. The average molecular weight is 404 g/mol. The van der Waals surface area contributed by atoms with E-state index in [-0.39, 0.29) is 22.7 Å². The van der Waals surface area contributed by atoms with Gasteiger partial charge in [-0.1, -0.05) is 6.42 Å². The monoisotopic (exact) mass is 404 g/mol. The van der Waals surface area contributed by atoms with Crippen LogP contribution < -0.4 is 10.1 Å². The Bertz CT molecular complexity index is 841. The van der Waals surface area contributed by atoms with Crippen molar-refractivity contribution in [3.8, 4) is 17.1 Å². The number of hydrogen-bond donors (Lipinski definition) is 1. The smallest absolute Gasteiger partial charge is 0.254 e. The Hall–Kier alpha value is -2.61. The van der Waals surface area contributed by atoms with Crippen LogP contribution in [0.25, 0.3) is 11.3 Å². The van der Waals surface area contributed by atoms with Gasteiger partial charge >= 0.3 is 0 Å². The lowest BCUT2D eigenvalue weighted by Gasteiger charge is -2.26. The second-order valence-corrected chi connectivity index (χ2v) is 6.98. The maximum Gasteiger partial charge on any atom is 0.254 e. The molecule has 2 heterocycles. The van der Waals surface area contributed by atoms with E-state index < -0.39 is 17.5 Å². The largest absolute Gasteiger partial charge is 0.477 e. The Morgan fingerprint density at radius 1 is 1.17 bits per heavy atom. The number of ether oxygens (including phenoxy) is 1. The number of nitrogens with zero attached hydrogens (tertiary/aromatic N) is 3. The fourth-order valence-corrected chi connectivity index (χ4v) is 3.40. The second-order valence-electron chi connectivity index (χ2n) is 6.98. The number of likely N-dealkylation sites (tertiary alicyclic amines) is 1. The third kappa shape index (κ3) is 5.47. The Labute approximate surface area is 169 Å². The molecule has 156 valence electrons. The predicted octanol–water partition coefficient (Wildman–Crippen LogP) is 3.43. The molecule has 3 rings (SSSR count). The summed E-state index contributed by atoms with van der Waals surface area (Å²) in [5.74, 6) is -2.73. The molecule has 1 N–H and O–H groups in total. The number of aromatic nitrogens is 2. The van der Waals surface area contributed by atoms with E-state index in [0.717, 1.165) is 26.1 Å². The van der Waals surface area contributed by atoms with Crippen LogP contribution in [0, 0.1) is 11.6 Å². The first-order valence-corrected chi connectivity index (χ1v) is 10.0. The molecule has 1 saturated heterocycles. The molecule has 2 aromatic rings. The first-order chi connectivity index (χ1) is 14.1. The number of benzene rings is 1. The minimum Gasteiger partial charge on any atom is -0.477 e. The number of halogens is 2. The van der Waals surface area contributed by atoms with E-state index in [2.05, 4.69) is 20.2 Å². The van der Waals surface area contributed by atoms with E-state index in [4.69, 9.17) is 4.74 Å². The van der Waals surface area contributed by atoms with Gasteiger partial charge in [0.25, 0.3) is 5.91 Å². The van der Waals surface area contributed by atoms with Crippen molar-refractivity contribution >= 4 is 5.91 Å². The van der Waals surface area contributed by atoms with Crippen LogP contribution >= 0.6 is 0 Å². The molecular formula is C21H26F2N4O2. The molecule has 1 fully saturated rings. The SMILES string of the molecule is CCOc1cncc(-c2ccc(C(=O)NCCCN3CCCCC3)c(F)c2F)n1. The molecule has 0 spiro atoms. The molecule has 8 heteroatoms. The van der Waals surface area contributed by atoms with Gasteiger partial charge in [-0.05, 0) is 58.0 Å². The summed E-state index contributed by atoms with van der Waals surface area (Å²) in [5, 5.41) is 2.67. The zero-order valence-electron chi connectivity index (χ0n) is 16.6. The van der Waals surface area contributed by atoms with E-state index in [1.165, 1.54) is 43.8 Å². The van der Waals surface area contributed by atoms with Crippen LogP contribution in [-0.2, 0) is 0 Å². The van der Waals surface area contributed by atoms with E-state index in [0.29, 0.717) is 13.2 Å². The Morgan fingerprint density at radius 2 is 1.97 bits per heavy atom. The summed E-state index contributed by atoms with van der Waals surface area (Å²) >= 11 is 0. The van der Waals surface area contributed by atoms with Crippen molar-refractivity contribution in [2.24, 2.45) is 0 Å². The first kappa shape index (κ1) is 21.1. The molecular weight excluding hydrogens is 378 g/mol. The van der Waals surface area contributed by atoms with Crippen LogP contribution in [0.15, 0.2) is 24.5 Å². The van der Waals surface area contributed by atoms with Gasteiger partial charge in [-0.25, -0.2) is 13.8 Å². The third-order valence-electron chi connectivity index (χ3n) is 4.89. The van der Waals surface area contributed by atoms with Crippen LogP contribution in [-0.4, -0.2) is 53.6 Å². The summed E-state index contributed by atoms with van der Waals surface area (Å²) in [6, 6.07) is 2.60. The topological polar surface area (TPSA) is 67.3 Å². The second kappa shape index (κ2) is 10.2. The van der Waals surface area contributed by atoms with E-state index in [9.17, 15) is 13.6 Å². The molecule has 0 radical (unpaired) electrons. The Morgan fingerprint density at radius 3 is 2.72 bits per heavy atom. The number of carbonyl (C=O) groups is 1. The van der Waals surface area contributed by atoms with Crippen molar-refractivity contribution in [2.45, 2.75) is 32.6 Å². The number of hydrogen-bond acceptors (Lipinski definition) is 5. The number of carbonyl (C=O) groups excluding carboxylic acids is 1. The number of amides is 1. The first-order valence-electron chi connectivity index (χ1n) is 10.0. The molecule has 29 heavy (non-hydrogen) atoms. The molecule has 1 aliphatic heterocycles. The van der Waals surface area contributed by atoms with Gasteiger partial charge in [0, 0.05) is 12.1 Å². The summed E-state index contributed by atoms with van der Waals surface area (Å²) in [7, 11) is 0. The molecule has 1 amide bonds. The number of piperidine rings is 1. The van der Waals surface area contributed by atoms with Gasteiger partial charge in [0.15, 0.2) is 11.6 Å². The van der Waals surface area contributed by atoms with E-state index >= 15 is 0 Å². The molecule has 1 aromatic carbocycles. The number of nitrogens with one attached hydrogen (secondary N) is 1. The molecule has 1 aromatic heterocycles. The van der Waals surface area contributed by atoms with Crippen LogP contribution in [0.5, 0.6) is 5.88 Å². The highest BCUT2D eigenvalue weighted by atomic mass is 19.2. The minimum atomic E-state index is -1.19. The third-order valence-corrected chi connectivity index (χ3v) is 4.89. The summed E-state index contributed by atoms with van der Waals surface area (Å²) in [6.45, 7) is 5.65. The van der Waals surface area contributed by atoms with E-state index in [1.54, 1.807) is 6.92 Å². The predicted molar refractivity (Wildman–Crippen MR) is 106 cm³/mol. The van der Waals surface area contributed by atoms with Crippen molar-refractivity contribution < 1.29 is 18.3 Å². The van der Waals surface area contributed by atoms with Crippen LogP contribution in [0.3, 0.4) is 0 Å². The summed E-state index contributed by atoms with van der Waals surface area (Å²) < 4.78 is 34.4. The Kier molecular flexibility index (Phi) is 7.46. The minimum absolute atomic E-state index is 0.0711. The fourth-order valence-electron chi connectivity index (χ4n) is 3.40. The fraction of sp³-hybridized carbons (Fsp3) is 0.476. The lowest BCUT2D eigenvalue weighted by atomic mass is 10.1. The van der Waals surface area contributed by atoms with Crippen molar-refractivity contribution in [1.82, 2.24) is 20.2 Å². The van der Waals surface area contributed by atoms with Crippen molar-refractivity contribution in [3.05, 3.63) is 41.7 Å². The molecule has 0 unspecified atom stereocenters. The van der Waals surface area contributed by atoms with Gasteiger partial charge in [-0.15, -0.1) is 0 Å². The van der Waals surface area contributed by atoms with Gasteiger partial charge in [0.05, 0.1) is 30.3 Å². The normalized spacial score (nSPS) is 14.6. The van der Waals surface area contributed by atoms with Crippen LogP contribution in [0.2, 0.25) is 0 Å². The number of rotatable bonds is 8. The van der Waals surface area contributed by atoms with Gasteiger partial charge in [-0.3, -0.25) is 9.78 Å². The van der Waals surface area contributed by atoms with Gasteiger partial charge in [-0.2, -0.15) is 0 Å². The molecule has 0 aliphatic carbocycles. The molecule has 6 nitrogen and oxygen atoms in total. The average Bonchev–Trinajstić information content (AvgIpc) is 2.74. The quantitative estimate of drug-likeness (QED) is 0.683. The molecule has 0 saturated carbocycles. The van der Waals surface area contributed by atoms with Gasteiger partial charge in [0.1, 0.15) is 0 Å². The maximum atomic E-state index is 14.6. The Balaban J connectivity index is 1.62. The van der Waals surface area contributed by atoms with Crippen molar-refractivity contribution in [1.29, 1.82) is 0 Å². The highest BCUT2D eigenvalue weighted by Gasteiger charge is 2.20. The van der Waals surface area contributed by atoms with Gasteiger partial charge < -0.3 is 15.0 Å². The van der Waals surface area contributed by atoms with Crippen molar-refractivity contribution in [3.63, 3.8) is 0 Å². The summed E-state index contributed by atoms with van der Waals surface area (Å²) in [6.07, 6.45) is 7.18. The highest BCUT2D eigenvalue weighted by Crippen LogP contribution is 2.26.